The minimum atomic E-state index is -0.109. The second kappa shape index (κ2) is 6.36. The fourth-order valence-corrected chi connectivity index (χ4v) is 3.09. The number of amides is 1. The predicted octanol–water partition coefficient (Wildman–Crippen LogP) is 2.03. The third-order valence-electron chi connectivity index (χ3n) is 4.17. The van der Waals surface area contributed by atoms with Crippen molar-refractivity contribution < 1.29 is 9.21 Å². The van der Waals surface area contributed by atoms with Gasteiger partial charge in [-0.2, -0.15) is 5.10 Å². The van der Waals surface area contributed by atoms with Crippen LogP contribution in [-0.2, 0) is 11.8 Å². The molecule has 0 radical (unpaired) electrons. The van der Waals surface area contributed by atoms with Gasteiger partial charge in [0.15, 0.2) is 0 Å². The summed E-state index contributed by atoms with van der Waals surface area (Å²) in [6.07, 6.45) is 7.74. The van der Waals surface area contributed by atoms with Crippen molar-refractivity contribution in [1.82, 2.24) is 20.0 Å². The molecule has 0 aliphatic carbocycles. The molecule has 1 saturated heterocycles. The molecule has 1 N–H and O–H groups in total. The molecule has 1 aliphatic rings. The Morgan fingerprint density at radius 3 is 3.14 bits per heavy atom. The van der Waals surface area contributed by atoms with Crippen LogP contribution in [0.5, 0.6) is 0 Å². The molecule has 2 aromatic rings. The number of nitrogens with one attached hydrogen (secondary N) is 1. The monoisotopic (exact) mass is 302 g/mol. The highest BCUT2D eigenvalue weighted by molar-refractivity contribution is 5.78. The number of aromatic nitrogens is 2. The number of nitrogens with zero attached hydrogens (tertiary/aromatic N) is 3. The average molecular weight is 302 g/mol. The maximum absolute atomic E-state index is 12.3. The van der Waals surface area contributed by atoms with Crippen molar-refractivity contribution in [1.29, 1.82) is 0 Å². The molecule has 0 spiro atoms. The molecular weight excluding hydrogens is 280 g/mol. The van der Waals surface area contributed by atoms with Crippen molar-refractivity contribution in [3.8, 4) is 0 Å². The number of carbonyl (C=O) groups excluding carboxylic acids is 1. The summed E-state index contributed by atoms with van der Waals surface area (Å²) in [6, 6.07) is 3.89. The summed E-state index contributed by atoms with van der Waals surface area (Å²) < 4.78 is 7.13. The van der Waals surface area contributed by atoms with Crippen LogP contribution in [-0.4, -0.2) is 33.7 Å². The highest BCUT2D eigenvalue weighted by Gasteiger charge is 2.28. The first-order valence-corrected chi connectivity index (χ1v) is 7.69. The van der Waals surface area contributed by atoms with E-state index in [9.17, 15) is 4.79 Å². The smallest absolute Gasteiger partial charge is 0.234 e. The third-order valence-corrected chi connectivity index (χ3v) is 4.17. The lowest BCUT2D eigenvalue weighted by Gasteiger charge is -2.23. The molecule has 3 rings (SSSR count). The molecule has 118 valence electrons. The summed E-state index contributed by atoms with van der Waals surface area (Å²) in [4.78, 5) is 14.5. The first-order valence-electron chi connectivity index (χ1n) is 7.69. The van der Waals surface area contributed by atoms with E-state index >= 15 is 0 Å². The van der Waals surface area contributed by atoms with Crippen LogP contribution in [0, 0.1) is 0 Å². The Balaban J connectivity index is 1.58. The Labute approximate surface area is 130 Å². The zero-order valence-corrected chi connectivity index (χ0v) is 13.0. The molecule has 0 saturated carbocycles. The second-order valence-electron chi connectivity index (χ2n) is 5.88. The average Bonchev–Trinajstić information content (AvgIpc) is 3.18. The van der Waals surface area contributed by atoms with Crippen LogP contribution in [0.15, 0.2) is 35.2 Å². The molecule has 6 heteroatoms. The van der Waals surface area contributed by atoms with Crippen molar-refractivity contribution in [3.63, 3.8) is 0 Å². The van der Waals surface area contributed by atoms with Gasteiger partial charge in [-0.25, -0.2) is 0 Å². The number of likely N-dealkylation sites (tertiary alicyclic amines) is 1. The number of rotatable bonds is 5. The first kappa shape index (κ1) is 14.8. The van der Waals surface area contributed by atoms with Crippen LogP contribution in [0.2, 0.25) is 0 Å². The summed E-state index contributed by atoms with van der Waals surface area (Å²) in [7, 11) is 1.92. The Morgan fingerprint density at radius 2 is 2.45 bits per heavy atom. The summed E-state index contributed by atoms with van der Waals surface area (Å²) in [5.41, 5.74) is 1.19. The molecule has 2 aromatic heterocycles. The normalized spacial score (nSPS) is 20.2. The van der Waals surface area contributed by atoms with Crippen molar-refractivity contribution in [2.24, 2.45) is 7.05 Å². The van der Waals surface area contributed by atoms with Crippen molar-refractivity contribution in [3.05, 3.63) is 42.1 Å². The van der Waals surface area contributed by atoms with Crippen molar-refractivity contribution >= 4 is 5.91 Å². The lowest BCUT2D eigenvalue weighted by atomic mass is 10.1. The van der Waals surface area contributed by atoms with Gasteiger partial charge < -0.3 is 9.73 Å². The maximum atomic E-state index is 12.3. The standard InChI is InChI=1S/C16H22N4O2/c1-12(15-6-4-8-22-15)18-16(21)11-20-7-3-5-14(20)13-9-17-19(2)10-13/h4,6,8-10,12,14H,3,5,7,11H2,1-2H3,(H,18,21)/t12-,14-/m0/s1. The number of aryl methyl sites for hydroxylation is 1. The molecule has 1 aliphatic heterocycles. The number of hydrogen-bond donors (Lipinski definition) is 1. The van der Waals surface area contributed by atoms with Gasteiger partial charge in [0.25, 0.3) is 0 Å². The van der Waals surface area contributed by atoms with Crippen molar-refractivity contribution in [2.45, 2.75) is 31.8 Å². The quantitative estimate of drug-likeness (QED) is 0.918. The van der Waals surface area contributed by atoms with Crippen LogP contribution in [0.1, 0.15) is 43.2 Å². The Kier molecular flexibility index (Phi) is 4.29. The van der Waals surface area contributed by atoms with E-state index in [-0.39, 0.29) is 11.9 Å². The summed E-state index contributed by atoms with van der Waals surface area (Å²) in [5.74, 6) is 0.804. The van der Waals surface area contributed by atoms with Crippen LogP contribution in [0.3, 0.4) is 0 Å². The molecule has 0 unspecified atom stereocenters. The lowest BCUT2D eigenvalue weighted by molar-refractivity contribution is -0.123. The van der Waals surface area contributed by atoms with E-state index in [1.54, 1.807) is 6.26 Å². The SMILES string of the molecule is C[C@H](NC(=O)CN1CCC[C@H]1c1cnn(C)c1)c1ccco1. The minimum absolute atomic E-state index is 0.0275. The van der Waals surface area contributed by atoms with E-state index in [1.807, 2.05) is 43.2 Å². The third kappa shape index (κ3) is 3.22. The van der Waals surface area contributed by atoms with Gasteiger partial charge in [0.05, 0.1) is 25.0 Å². The molecule has 6 nitrogen and oxygen atoms in total. The van der Waals surface area contributed by atoms with Gasteiger partial charge in [-0.15, -0.1) is 0 Å². The minimum Gasteiger partial charge on any atom is -0.467 e. The summed E-state index contributed by atoms with van der Waals surface area (Å²) >= 11 is 0. The van der Waals surface area contributed by atoms with Gasteiger partial charge in [0.2, 0.25) is 5.91 Å². The fraction of sp³-hybridized carbons (Fsp3) is 0.500. The van der Waals surface area contributed by atoms with E-state index in [0.29, 0.717) is 12.6 Å². The highest BCUT2D eigenvalue weighted by atomic mass is 16.3. The van der Waals surface area contributed by atoms with Gasteiger partial charge in [-0.3, -0.25) is 14.4 Å². The number of hydrogen-bond acceptors (Lipinski definition) is 4. The van der Waals surface area contributed by atoms with Gasteiger partial charge >= 0.3 is 0 Å². The van der Waals surface area contributed by atoms with E-state index in [4.69, 9.17) is 4.42 Å². The zero-order valence-electron chi connectivity index (χ0n) is 13.0. The molecule has 0 aromatic carbocycles. The Hall–Kier alpha value is -2.08. The molecule has 0 bridgehead atoms. The summed E-state index contributed by atoms with van der Waals surface area (Å²) in [6.45, 7) is 3.28. The maximum Gasteiger partial charge on any atom is 0.234 e. The zero-order chi connectivity index (χ0) is 15.5. The second-order valence-corrected chi connectivity index (χ2v) is 5.88. The van der Waals surface area contributed by atoms with Crippen LogP contribution >= 0.6 is 0 Å². The summed E-state index contributed by atoms with van der Waals surface area (Å²) in [5, 5.41) is 7.23. The Morgan fingerprint density at radius 1 is 1.59 bits per heavy atom. The lowest BCUT2D eigenvalue weighted by Crippen LogP contribution is -2.37. The van der Waals surface area contributed by atoms with Gasteiger partial charge in [0.1, 0.15) is 5.76 Å². The highest BCUT2D eigenvalue weighted by Crippen LogP contribution is 2.31. The molecule has 1 fully saturated rings. The topological polar surface area (TPSA) is 63.3 Å². The van der Waals surface area contributed by atoms with Crippen LogP contribution in [0.25, 0.3) is 0 Å². The number of furan rings is 1. The van der Waals surface area contributed by atoms with Crippen molar-refractivity contribution in [2.75, 3.05) is 13.1 Å². The Bertz CT molecular complexity index is 620. The van der Waals surface area contributed by atoms with Crippen LogP contribution in [0.4, 0.5) is 0 Å². The van der Waals surface area contributed by atoms with Gasteiger partial charge in [-0.05, 0) is 38.4 Å². The van der Waals surface area contributed by atoms with Gasteiger partial charge in [-0.1, -0.05) is 0 Å². The molecule has 3 heterocycles. The van der Waals surface area contributed by atoms with Crippen LogP contribution < -0.4 is 5.32 Å². The van der Waals surface area contributed by atoms with E-state index in [1.165, 1.54) is 5.56 Å². The van der Waals surface area contributed by atoms with E-state index in [2.05, 4.69) is 15.3 Å². The molecule has 1 amide bonds. The van der Waals surface area contributed by atoms with Gasteiger partial charge in [0, 0.05) is 24.8 Å². The molecule has 2 atom stereocenters. The first-order chi connectivity index (χ1) is 10.6. The largest absolute Gasteiger partial charge is 0.467 e. The van der Waals surface area contributed by atoms with E-state index < -0.39 is 0 Å². The predicted molar refractivity (Wildman–Crippen MR) is 82.0 cm³/mol. The number of carbonyl (C=O) groups is 1. The molecule has 22 heavy (non-hydrogen) atoms. The molecular formula is C16H22N4O2. The van der Waals surface area contributed by atoms with E-state index in [0.717, 1.165) is 25.1 Å². The fourth-order valence-electron chi connectivity index (χ4n) is 3.09.